The third-order valence-electron chi connectivity index (χ3n) is 2.64. The second-order valence-corrected chi connectivity index (χ2v) is 5.30. The van der Waals surface area contributed by atoms with Gasteiger partial charge in [0.25, 0.3) is 0 Å². The van der Waals surface area contributed by atoms with E-state index in [2.05, 4.69) is 9.97 Å². The van der Waals surface area contributed by atoms with Crippen LogP contribution in [0.1, 0.15) is 5.56 Å². The molecule has 1 heterocycles. The Balaban J connectivity index is 2.22. The highest BCUT2D eigenvalue weighted by atomic mass is 35.5. The molecule has 0 saturated heterocycles. The molecule has 2 aromatic rings. The van der Waals surface area contributed by atoms with Crippen molar-refractivity contribution in [2.75, 3.05) is 18.1 Å². The number of aliphatic hydroxyl groups excluding tert-OH is 1. The van der Waals surface area contributed by atoms with Gasteiger partial charge in [0.2, 0.25) is 0 Å². The summed E-state index contributed by atoms with van der Waals surface area (Å²) < 4.78 is 0. The molecule has 7 heteroatoms. The normalized spacial score (nSPS) is 10.6. The van der Waals surface area contributed by atoms with Crippen LogP contribution >= 0.6 is 34.8 Å². The molecule has 0 aliphatic carbocycles. The van der Waals surface area contributed by atoms with Gasteiger partial charge in [-0.1, -0.05) is 40.9 Å². The molecule has 0 fully saturated rings. The van der Waals surface area contributed by atoms with Gasteiger partial charge in [-0.3, -0.25) is 4.98 Å². The molecule has 4 nitrogen and oxygen atoms in total. The van der Waals surface area contributed by atoms with Gasteiger partial charge in [0.1, 0.15) is 11.0 Å². The Bertz CT molecular complexity index is 595. The molecule has 20 heavy (non-hydrogen) atoms. The SMILES string of the molecule is OCCN(Cc1ccc(Cl)c(Cl)c1)c1cncc(Cl)n1. The Labute approximate surface area is 131 Å². The van der Waals surface area contributed by atoms with Crippen molar-refractivity contribution >= 4 is 40.6 Å². The zero-order valence-corrected chi connectivity index (χ0v) is 12.7. The third-order valence-corrected chi connectivity index (χ3v) is 3.56. The van der Waals surface area contributed by atoms with E-state index in [1.54, 1.807) is 18.3 Å². The summed E-state index contributed by atoms with van der Waals surface area (Å²) in [5, 5.41) is 10.5. The van der Waals surface area contributed by atoms with Crippen LogP contribution in [0.5, 0.6) is 0 Å². The van der Waals surface area contributed by atoms with Crippen molar-refractivity contribution in [1.29, 1.82) is 0 Å². The molecular formula is C13H12Cl3N3O. The molecule has 0 amide bonds. The highest BCUT2D eigenvalue weighted by Gasteiger charge is 2.10. The van der Waals surface area contributed by atoms with Crippen LogP contribution < -0.4 is 4.90 Å². The number of hydrogen-bond acceptors (Lipinski definition) is 4. The van der Waals surface area contributed by atoms with E-state index in [0.29, 0.717) is 34.1 Å². The number of halogens is 3. The summed E-state index contributed by atoms with van der Waals surface area (Å²) in [5.74, 6) is 0.595. The zero-order valence-electron chi connectivity index (χ0n) is 10.4. The molecule has 0 bridgehead atoms. The molecule has 2 rings (SSSR count). The molecule has 1 N–H and O–H groups in total. The lowest BCUT2D eigenvalue weighted by atomic mass is 10.2. The predicted molar refractivity (Wildman–Crippen MR) is 81.6 cm³/mol. The van der Waals surface area contributed by atoms with Gasteiger partial charge in [-0.05, 0) is 17.7 Å². The minimum atomic E-state index is -0.00445. The summed E-state index contributed by atoms with van der Waals surface area (Å²) >= 11 is 17.7. The summed E-state index contributed by atoms with van der Waals surface area (Å²) in [6.07, 6.45) is 3.06. The number of aliphatic hydroxyl groups is 1. The van der Waals surface area contributed by atoms with Crippen LogP contribution in [-0.4, -0.2) is 28.2 Å². The largest absolute Gasteiger partial charge is 0.395 e. The molecule has 0 aliphatic heterocycles. The first-order valence-corrected chi connectivity index (χ1v) is 7.01. The number of aromatic nitrogens is 2. The Morgan fingerprint density at radius 1 is 1.10 bits per heavy atom. The van der Waals surface area contributed by atoms with Crippen LogP contribution in [0.3, 0.4) is 0 Å². The van der Waals surface area contributed by atoms with Crippen molar-refractivity contribution < 1.29 is 5.11 Å². The standard InChI is InChI=1S/C13H12Cl3N3O/c14-10-2-1-9(5-11(10)15)8-19(3-4-20)13-7-17-6-12(16)18-13/h1-2,5-7,20H,3-4,8H2. The number of benzene rings is 1. The van der Waals surface area contributed by atoms with Gasteiger partial charge >= 0.3 is 0 Å². The predicted octanol–water partition coefficient (Wildman–Crippen LogP) is 3.44. The van der Waals surface area contributed by atoms with Crippen LogP contribution in [0.4, 0.5) is 5.82 Å². The van der Waals surface area contributed by atoms with Gasteiger partial charge in [0.15, 0.2) is 0 Å². The monoisotopic (exact) mass is 331 g/mol. The fraction of sp³-hybridized carbons (Fsp3) is 0.231. The summed E-state index contributed by atoms with van der Waals surface area (Å²) in [5.41, 5.74) is 0.953. The molecule has 1 aromatic carbocycles. The van der Waals surface area contributed by atoms with E-state index in [9.17, 15) is 5.11 Å². The average Bonchev–Trinajstić information content (AvgIpc) is 2.42. The molecule has 0 atom stereocenters. The van der Waals surface area contributed by atoms with Crippen molar-refractivity contribution in [2.24, 2.45) is 0 Å². The summed E-state index contributed by atoms with van der Waals surface area (Å²) in [6.45, 7) is 0.928. The highest BCUT2D eigenvalue weighted by molar-refractivity contribution is 6.42. The second kappa shape index (κ2) is 7.09. The Kier molecular flexibility index (Phi) is 5.43. The van der Waals surface area contributed by atoms with Gasteiger partial charge in [-0.25, -0.2) is 4.98 Å². The number of hydrogen-bond donors (Lipinski definition) is 1. The molecule has 0 saturated carbocycles. The lowest BCUT2D eigenvalue weighted by Crippen LogP contribution is -2.27. The molecule has 1 aromatic heterocycles. The maximum Gasteiger partial charge on any atom is 0.149 e. The second-order valence-electron chi connectivity index (χ2n) is 4.09. The summed E-state index contributed by atoms with van der Waals surface area (Å²) in [6, 6.07) is 5.39. The van der Waals surface area contributed by atoms with Crippen molar-refractivity contribution in [3.8, 4) is 0 Å². The van der Waals surface area contributed by atoms with Crippen molar-refractivity contribution in [3.05, 3.63) is 51.4 Å². The van der Waals surface area contributed by atoms with Gasteiger partial charge in [0, 0.05) is 13.1 Å². The molecule has 0 aliphatic rings. The Hall–Kier alpha value is -1.07. The van der Waals surface area contributed by atoms with Crippen molar-refractivity contribution in [3.63, 3.8) is 0 Å². The van der Waals surface area contributed by atoms with Gasteiger partial charge in [0.05, 0.1) is 29.0 Å². The van der Waals surface area contributed by atoms with Gasteiger partial charge < -0.3 is 10.0 Å². The first kappa shape index (κ1) is 15.3. The van der Waals surface area contributed by atoms with Crippen LogP contribution in [0.2, 0.25) is 15.2 Å². The minimum absolute atomic E-state index is 0.00445. The maximum atomic E-state index is 9.17. The van der Waals surface area contributed by atoms with Gasteiger partial charge in [-0.2, -0.15) is 0 Å². The van der Waals surface area contributed by atoms with E-state index in [1.165, 1.54) is 6.20 Å². The lowest BCUT2D eigenvalue weighted by Gasteiger charge is -2.22. The van der Waals surface area contributed by atoms with E-state index in [1.807, 2.05) is 11.0 Å². The van der Waals surface area contributed by atoms with Crippen molar-refractivity contribution in [1.82, 2.24) is 9.97 Å². The molecular weight excluding hydrogens is 321 g/mol. The number of anilines is 1. The van der Waals surface area contributed by atoms with Crippen LogP contribution in [0.15, 0.2) is 30.6 Å². The molecule has 0 radical (unpaired) electrons. The summed E-state index contributed by atoms with van der Waals surface area (Å²) in [4.78, 5) is 10.0. The fourth-order valence-corrected chi connectivity index (χ4v) is 2.20. The van der Waals surface area contributed by atoms with E-state index in [-0.39, 0.29) is 6.61 Å². The molecule has 0 spiro atoms. The number of rotatable bonds is 5. The molecule has 106 valence electrons. The quantitative estimate of drug-likeness (QED) is 0.911. The van der Waals surface area contributed by atoms with E-state index >= 15 is 0 Å². The first-order valence-electron chi connectivity index (χ1n) is 5.87. The number of nitrogens with zero attached hydrogens (tertiary/aromatic N) is 3. The average molecular weight is 333 g/mol. The van der Waals surface area contributed by atoms with Crippen LogP contribution in [0.25, 0.3) is 0 Å². The van der Waals surface area contributed by atoms with Crippen LogP contribution in [-0.2, 0) is 6.54 Å². The third kappa shape index (κ3) is 3.96. The fourth-order valence-electron chi connectivity index (χ4n) is 1.74. The maximum absolute atomic E-state index is 9.17. The smallest absolute Gasteiger partial charge is 0.149 e. The lowest BCUT2D eigenvalue weighted by molar-refractivity contribution is 0.301. The van der Waals surface area contributed by atoms with E-state index in [4.69, 9.17) is 34.8 Å². The highest BCUT2D eigenvalue weighted by Crippen LogP contribution is 2.24. The van der Waals surface area contributed by atoms with Crippen LogP contribution in [0, 0.1) is 0 Å². The summed E-state index contributed by atoms with van der Waals surface area (Å²) in [7, 11) is 0. The molecule has 0 unspecified atom stereocenters. The Morgan fingerprint density at radius 3 is 2.55 bits per heavy atom. The zero-order chi connectivity index (χ0) is 14.5. The minimum Gasteiger partial charge on any atom is -0.395 e. The van der Waals surface area contributed by atoms with Crippen molar-refractivity contribution in [2.45, 2.75) is 6.54 Å². The van der Waals surface area contributed by atoms with Gasteiger partial charge in [-0.15, -0.1) is 0 Å². The van der Waals surface area contributed by atoms with E-state index in [0.717, 1.165) is 5.56 Å². The first-order chi connectivity index (χ1) is 9.60. The van der Waals surface area contributed by atoms with E-state index < -0.39 is 0 Å². The Morgan fingerprint density at radius 2 is 1.90 bits per heavy atom. The topological polar surface area (TPSA) is 49.2 Å².